The Morgan fingerprint density at radius 1 is 1.42 bits per heavy atom. The van der Waals surface area contributed by atoms with Gasteiger partial charge >= 0.3 is 6.03 Å². The molecule has 1 atom stereocenters. The second-order valence-electron chi connectivity index (χ2n) is 4.18. The van der Waals surface area contributed by atoms with Gasteiger partial charge in [0.25, 0.3) is 0 Å². The number of nitrogens with one attached hydrogen (secondary N) is 2. The fraction of sp³-hybridized carbons (Fsp3) is 0.308. The highest BCUT2D eigenvalue weighted by Gasteiger charge is 2.09. The van der Waals surface area contributed by atoms with Crippen molar-refractivity contribution in [3.8, 4) is 0 Å². The first-order valence-electron chi connectivity index (χ1n) is 6.17. The molecule has 2 aromatic heterocycles. The number of aromatic nitrogens is 3. The van der Waals surface area contributed by atoms with Gasteiger partial charge in [0.15, 0.2) is 0 Å². The van der Waals surface area contributed by atoms with Crippen molar-refractivity contribution in [2.45, 2.75) is 19.5 Å². The van der Waals surface area contributed by atoms with E-state index in [2.05, 4.69) is 20.6 Å². The standard InChI is InChI=1S/C13H17N5O/c1-11(12-4-2-3-5-15-12)17-13(19)16-7-9-18-8-6-14-10-18/h2-6,8,10-11H,7,9H2,1H3,(H2,16,17,19). The van der Waals surface area contributed by atoms with E-state index in [1.807, 2.05) is 35.9 Å². The normalized spacial score (nSPS) is 11.8. The summed E-state index contributed by atoms with van der Waals surface area (Å²) in [6.07, 6.45) is 7.00. The Morgan fingerprint density at radius 2 is 2.32 bits per heavy atom. The minimum atomic E-state index is -0.196. The van der Waals surface area contributed by atoms with Crippen molar-refractivity contribution in [3.05, 3.63) is 48.8 Å². The SMILES string of the molecule is CC(NC(=O)NCCn1ccnc1)c1ccccn1. The Hall–Kier alpha value is -2.37. The van der Waals surface area contributed by atoms with E-state index in [1.165, 1.54) is 0 Å². The van der Waals surface area contributed by atoms with Crippen LogP contribution in [0, 0.1) is 0 Å². The van der Waals surface area contributed by atoms with Crippen molar-refractivity contribution >= 4 is 6.03 Å². The summed E-state index contributed by atoms with van der Waals surface area (Å²) in [5, 5.41) is 5.63. The van der Waals surface area contributed by atoms with Gasteiger partial charge in [0.1, 0.15) is 0 Å². The molecule has 2 heterocycles. The van der Waals surface area contributed by atoms with Crippen LogP contribution in [0.2, 0.25) is 0 Å². The van der Waals surface area contributed by atoms with E-state index in [4.69, 9.17) is 0 Å². The number of pyridine rings is 1. The van der Waals surface area contributed by atoms with Crippen LogP contribution >= 0.6 is 0 Å². The van der Waals surface area contributed by atoms with Crippen LogP contribution in [0.1, 0.15) is 18.7 Å². The Kier molecular flexibility index (Phi) is 4.49. The highest BCUT2D eigenvalue weighted by Crippen LogP contribution is 2.06. The Labute approximate surface area is 111 Å². The van der Waals surface area contributed by atoms with E-state index < -0.39 is 0 Å². The van der Waals surface area contributed by atoms with E-state index in [0.29, 0.717) is 13.1 Å². The quantitative estimate of drug-likeness (QED) is 0.851. The summed E-state index contributed by atoms with van der Waals surface area (Å²) in [5.74, 6) is 0. The molecule has 100 valence electrons. The molecule has 2 N–H and O–H groups in total. The molecule has 2 amide bonds. The summed E-state index contributed by atoms with van der Waals surface area (Å²) in [6, 6.07) is 5.32. The third kappa shape index (κ3) is 4.09. The first kappa shape index (κ1) is 13.1. The van der Waals surface area contributed by atoms with Crippen molar-refractivity contribution in [1.82, 2.24) is 25.2 Å². The Morgan fingerprint density at radius 3 is 3.00 bits per heavy atom. The fourth-order valence-corrected chi connectivity index (χ4v) is 1.67. The van der Waals surface area contributed by atoms with Crippen LogP contribution in [0.5, 0.6) is 0 Å². The number of urea groups is 1. The van der Waals surface area contributed by atoms with Crippen molar-refractivity contribution in [2.24, 2.45) is 0 Å². The average molecular weight is 259 g/mol. The molecule has 0 saturated carbocycles. The highest BCUT2D eigenvalue weighted by atomic mass is 16.2. The van der Waals surface area contributed by atoms with E-state index in [1.54, 1.807) is 18.7 Å². The second kappa shape index (κ2) is 6.53. The van der Waals surface area contributed by atoms with Crippen LogP contribution in [0.25, 0.3) is 0 Å². The predicted molar refractivity (Wildman–Crippen MR) is 71.4 cm³/mol. The molecule has 1 unspecified atom stereocenters. The second-order valence-corrected chi connectivity index (χ2v) is 4.18. The van der Waals surface area contributed by atoms with Gasteiger partial charge in [0.05, 0.1) is 18.1 Å². The van der Waals surface area contributed by atoms with Crippen LogP contribution < -0.4 is 10.6 Å². The molecule has 0 saturated heterocycles. The average Bonchev–Trinajstić information content (AvgIpc) is 2.93. The zero-order valence-corrected chi connectivity index (χ0v) is 10.8. The highest BCUT2D eigenvalue weighted by molar-refractivity contribution is 5.74. The van der Waals surface area contributed by atoms with Gasteiger partial charge in [0, 0.05) is 31.7 Å². The van der Waals surface area contributed by atoms with Crippen molar-refractivity contribution in [2.75, 3.05) is 6.54 Å². The number of hydrogen-bond donors (Lipinski definition) is 2. The molecule has 19 heavy (non-hydrogen) atoms. The zero-order chi connectivity index (χ0) is 13.5. The smallest absolute Gasteiger partial charge is 0.315 e. The Balaban J connectivity index is 1.72. The third-order valence-corrected chi connectivity index (χ3v) is 2.69. The molecule has 6 heteroatoms. The lowest BCUT2D eigenvalue weighted by atomic mass is 10.2. The van der Waals surface area contributed by atoms with Crippen molar-refractivity contribution in [3.63, 3.8) is 0 Å². The maximum absolute atomic E-state index is 11.7. The molecular weight excluding hydrogens is 242 g/mol. The van der Waals surface area contributed by atoms with Crippen molar-refractivity contribution in [1.29, 1.82) is 0 Å². The lowest BCUT2D eigenvalue weighted by Crippen LogP contribution is -2.38. The monoisotopic (exact) mass is 259 g/mol. The number of imidazole rings is 1. The van der Waals surface area contributed by atoms with Crippen LogP contribution in [-0.2, 0) is 6.54 Å². The third-order valence-electron chi connectivity index (χ3n) is 2.69. The van der Waals surface area contributed by atoms with Crippen molar-refractivity contribution < 1.29 is 4.79 Å². The molecule has 0 aliphatic rings. The molecule has 2 aromatic rings. The van der Waals surface area contributed by atoms with E-state index >= 15 is 0 Å². The van der Waals surface area contributed by atoms with Gasteiger partial charge in [-0.15, -0.1) is 0 Å². The van der Waals surface area contributed by atoms with Gasteiger partial charge in [0.2, 0.25) is 0 Å². The van der Waals surface area contributed by atoms with E-state index in [-0.39, 0.29) is 12.1 Å². The maximum Gasteiger partial charge on any atom is 0.315 e. The lowest BCUT2D eigenvalue weighted by molar-refractivity contribution is 0.237. The van der Waals surface area contributed by atoms with Gasteiger partial charge in [-0.25, -0.2) is 9.78 Å². The summed E-state index contributed by atoms with van der Waals surface area (Å²) in [7, 11) is 0. The number of carbonyl (C=O) groups is 1. The van der Waals surface area contributed by atoms with Gasteiger partial charge in [-0.1, -0.05) is 6.07 Å². The number of rotatable bonds is 5. The summed E-state index contributed by atoms with van der Waals surface area (Å²) in [6.45, 7) is 3.15. The number of nitrogens with zero attached hydrogens (tertiary/aromatic N) is 3. The largest absolute Gasteiger partial charge is 0.336 e. The molecule has 0 bridgehead atoms. The predicted octanol–water partition coefficient (Wildman–Crippen LogP) is 1.34. The summed E-state index contributed by atoms with van der Waals surface area (Å²) >= 11 is 0. The van der Waals surface area contributed by atoms with Gasteiger partial charge in [-0.05, 0) is 19.1 Å². The summed E-state index contributed by atoms with van der Waals surface area (Å²) in [4.78, 5) is 19.8. The molecular formula is C13H17N5O. The first-order chi connectivity index (χ1) is 9.25. The van der Waals surface area contributed by atoms with Crippen LogP contribution in [0.4, 0.5) is 4.79 Å². The van der Waals surface area contributed by atoms with Gasteiger partial charge in [-0.3, -0.25) is 4.98 Å². The topological polar surface area (TPSA) is 71.8 Å². The van der Waals surface area contributed by atoms with E-state index in [9.17, 15) is 4.79 Å². The van der Waals surface area contributed by atoms with Crippen LogP contribution in [-0.4, -0.2) is 27.1 Å². The van der Waals surface area contributed by atoms with Crippen LogP contribution in [0.3, 0.4) is 0 Å². The number of hydrogen-bond acceptors (Lipinski definition) is 3. The molecule has 6 nitrogen and oxygen atoms in total. The minimum Gasteiger partial charge on any atom is -0.336 e. The van der Waals surface area contributed by atoms with Gasteiger partial charge in [-0.2, -0.15) is 0 Å². The first-order valence-corrected chi connectivity index (χ1v) is 6.17. The summed E-state index contributed by atoms with van der Waals surface area (Å²) in [5.41, 5.74) is 0.840. The molecule has 0 aliphatic heterocycles. The summed E-state index contributed by atoms with van der Waals surface area (Å²) < 4.78 is 1.91. The van der Waals surface area contributed by atoms with E-state index in [0.717, 1.165) is 5.69 Å². The molecule has 0 spiro atoms. The van der Waals surface area contributed by atoms with Gasteiger partial charge < -0.3 is 15.2 Å². The molecule has 0 fully saturated rings. The number of carbonyl (C=O) groups excluding carboxylic acids is 1. The van der Waals surface area contributed by atoms with Crippen LogP contribution in [0.15, 0.2) is 43.1 Å². The fourth-order valence-electron chi connectivity index (χ4n) is 1.67. The maximum atomic E-state index is 11.7. The lowest BCUT2D eigenvalue weighted by Gasteiger charge is -2.14. The Bertz CT molecular complexity index is 497. The molecule has 0 radical (unpaired) electrons. The minimum absolute atomic E-state index is 0.116. The zero-order valence-electron chi connectivity index (χ0n) is 10.8. The molecule has 0 aliphatic carbocycles. The number of amides is 2. The molecule has 2 rings (SSSR count). The molecule has 0 aromatic carbocycles.